The highest BCUT2D eigenvalue weighted by atomic mass is 16.5. The Morgan fingerprint density at radius 1 is 1.24 bits per heavy atom. The molecule has 0 bridgehead atoms. The normalized spacial score (nSPS) is 10.8. The molecule has 0 amide bonds. The standard InChI is InChI=1S/C16H18N4O/c1-3-21-16-8-7-13(10-18-16)17-11-14-12(2)19-15-6-4-5-9-20(14)15/h4-10,17H,3,11H2,1-2H3. The molecule has 5 nitrogen and oxygen atoms in total. The van der Waals surface area contributed by atoms with E-state index in [1.54, 1.807) is 6.20 Å². The van der Waals surface area contributed by atoms with Gasteiger partial charge in [0, 0.05) is 12.3 Å². The lowest BCUT2D eigenvalue weighted by Gasteiger charge is -2.08. The number of nitrogens with zero attached hydrogens (tertiary/aromatic N) is 3. The molecule has 0 saturated carbocycles. The number of imidazole rings is 1. The maximum absolute atomic E-state index is 5.33. The fourth-order valence-electron chi connectivity index (χ4n) is 2.28. The van der Waals surface area contributed by atoms with Crippen molar-refractivity contribution < 1.29 is 4.74 Å². The Bertz CT molecular complexity index is 734. The van der Waals surface area contributed by atoms with E-state index < -0.39 is 0 Å². The summed E-state index contributed by atoms with van der Waals surface area (Å²) in [5.74, 6) is 0.647. The van der Waals surface area contributed by atoms with Gasteiger partial charge < -0.3 is 14.5 Å². The predicted octanol–water partition coefficient (Wildman–Crippen LogP) is 3.05. The van der Waals surface area contributed by atoms with Gasteiger partial charge in [0.25, 0.3) is 0 Å². The van der Waals surface area contributed by atoms with Crippen molar-refractivity contribution in [1.82, 2.24) is 14.4 Å². The van der Waals surface area contributed by atoms with Crippen molar-refractivity contribution in [2.45, 2.75) is 20.4 Å². The fourth-order valence-corrected chi connectivity index (χ4v) is 2.28. The van der Waals surface area contributed by atoms with Crippen LogP contribution in [0.5, 0.6) is 5.88 Å². The quantitative estimate of drug-likeness (QED) is 0.781. The third kappa shape index (κ3) is 2.81. The van der Waals surface area contributed by atoms with Gasteiger partial charge in [0.15, 0.2) is 0 Å². The van der Waals surface area contributed by atoms with Gasteiger partial charge in [-0.3, -0.25) is 0 Å². The Hall–Kier alpha value is -2.56. The Morgan fingerprint density at radius 2 is 2.14 bits per heavy atom. The Morgan fingerprint density at radius 3 is 2.90 bits per heavy atom. The topological polar surface area (TPSA) is 51.5 Å². The molecule has 1 N–H and O–H groups in total. The summed E-state index contributed by atoms with van der Waals surface area (Å²) < 4.78 is 7.44. The van der Waals surface area contributed by atoms with Crippen LogP contribution in [0.3, 0.4) is 0 Å². The second-order valence-electron chi connectivity index (χ2n) is 4.74. The van der Waals surface area contributed by atoms with E-state index in [0.717, 1.165) is 22.7 Å². The lowest BCUT2D eigenvalue weighted by Crippen LogP contribution is -2.04. The Kier molecular flexibility index (Phi) is 3.73. The number of hydrogen-bond acceptors (Lipinski definition) is 4. The number of hydrogen-bond donors (Lipinski definition) is 1. The van der Waals surface area contributed by atoms with Crippen LogP contribution in [-0.2, 0) is 6.54 Å². The van der Waals surface area contributed by atoms with Crippen molar-refractivity contribution in [3.63, 3.8) is 0 Å². The van der Waals surface area contributed by atoms with Crippen LogP contribution in [0.25, 0.3) is 5.65 Å². The van der Waals surface area contributed by atoms with Crippen LogP contribution in [0.4, 0.5) is 5.69 Å². The van der Waals surface area contributed by atoms with Crippen molar-refractivity contribution in [2.24, 2.45) is 0 Å². The van der Waals surface area contributed by atoms with Crippen LogP contribution in [0.1, 0.15) is 18.3 Å². The summed E-state index contributed by atoms with van der Waals surface area (Å²) in [6, 6.07) is 9.85. The first-order valence-electron chi connectivity index (χ1n) is 7.03. The summed E-state index contributed by atoms with van der Waals surface area (Å²) in [4.78, 5) is 8.80. The molecule has 0 unspecified atom stereocenters. The van der Waals surface area contributed by atoms with E-state index in [-0.39, 0.29) is 0 Å². The molecule has 0 aromatic carbocycles. The predicted molar refractivity (Wildman–Crippen MR) is 82.7 cm³/mol. The molecule has 0 aliphatic heterocycles. The molecule has 3 rings (SSSR count). The molecule has 0 saturated heterocycles. The smallest absolute Gasteiger partial charge is 0.213 e. The maximum Gasteiger partial charge on any atom is 0.213 e. The van der Waals surface area contributed by atoms with Gasteiger partial charge in [-0.15, -0.1) is 0 Å². The zero-order valence-electron chi connectivity index (χ0n) is 12.2. The summed E-state index contributed by atoms with van der Waals surface area (Å²) in [5, 5.41) is 3.37. The molecule has 0 spiro atoms. The van der Waals surface area contributed by atoms with E-state index in [1.165, 1.54) is 0 Å². The number of anilines is 1. The molecule has 3 aromatic rings. The number of rotatable bonds is 5. The van der Waals surface area contributed by atoms with Gasteiger partial charge in [0.1, 0.15) is 5.65 Å². The molecular formula is C16H18N4O. The van der Waals surface area contributed by atoms with Crippen molar-refractivity contribution in [3.8, 4) is 5.88 Å². The van der Waals surface area contributed by atoms with E-state index in [1.807, 2.05) is 50.4 Å². The Labute approximate surface area is 123 Å². The van der Waals surface area contributed by atoms with E-state index in [0.29, 0.717) is 19.0 Å². The fraction of sp³-hybridized carbons (Fsp3) is 0.250. The number of aryl methyl sites for hydroxylation is 1. The minimum atomic E-state index is 0.626. The lowest BCUT2D eigenvalue weighted by atomic mass is 10.3. The third-order valence-electron chi connectivity index (χ3n) is 3.32. The van der Waals surface area contributed by atoms with Gasteiger partial charge in [0.05, 0.1) is 36.4 Å². The molecule has 3 aromatic heterocycles. The van der Waals surface area contributed by atoms with Gasteiger partial charge >= 0.3 is 0 Å². The molecule has 0 atom stereocenters. The molecule has 3 heterocycles. The van der Waals surface area contributed by atoms with Crippen LogP contribution in [0.2, 0.25) is 0 Å². The number of ether oxygens (including phenoxy) is 1. The average molecular weight is 282 g/mol. The molecule has 0 aliphatic carbocycles. The lowest BCUT2D eigenvalue weighted by molar-refractivity contribution is 0.327. The van der Waals surface area contributed by atoms with Gasteiger partial charge in [0.2, 0.25) is 5.88 Å². The highest BCUT2D eigenvalue weighted by Gasteiger charge is 2.07. The Balaban J connectivity index is 1.75. The summed E-state index contributed by atoms with van der Waals surface area (Å²) in [6.45, 7) is 5.30. The van der Waals surface area contributed by atoms with Crippen LogP contribution < -0.4 is 10.1 Å². The zero-order chi connectivity index (χ0) is 14.7. The van der Waals surface area contributed by atoms with E-state index in [2.05, 4.69) is 19.7 Å². The van der Waals surface area contributed by atoms with Crippen molar-refractivity contribution in [1.29, 1.82) is 0 Å². The zero-order valence-corrected chi connectivity index (χ0v) is 12.2. The largest absolute Gasteiger partial charge is 0.478 e. The van der Waals surface area contributed by atoms with Gasteiger partial charge in [-0.2, -0.15) is 0 Å². The monoisotopic (exact) mass is 282 g/mol. The van der Waals surface area contributed by atoms with Crippen molar-refractivity contribution >= 4 is 11.3 Å². The van der Waals surface area contributed by atoms with E-state index in [9.17, 15) is 0 Å². The van der Waals surface area contributed by atoms with Crippen LogP contribution in [0, 0.1) is 6.92 Å². The minimum absolute atomic E-state index is 0.626. The number of aromatic nitrogens is 3. The van der Waals surface area contributed by atoms with Crippen LogP contribution in [-0.4, -0.2) is 21.0 Å². The molecule has 0 aliphatic rings. The van der Waals surface area contributed by atoms with Gasteiger partial charge in [-0.05, 0) is 32.0 Å². The summed E-state index contributed by atoms with van der Waals surface area (Å²) in [7, 11) is 0. The van der Waals surface area contributed by atoms with Gasteiger partial charge in [-0.25, -0.2) is 9.97 Å². The second-order valence-corrected chi connectivity index (χ2v) is 4.74. The molecular weight excluding hydrogens is 264 g/mol. The summed E-state index contributed by atoms with van der Waals surface area (Å²) in [6.07, 6.45) is 3.81. The molecule has 0 radical (unpaired) electrons. The average Bonchev–Trinajstić information content (AvgIpc) is 2.82. The van der Waals surface area contributed by atoms with Crippen molar-refractivity contribution in [2.75, 3.05) is 11.9 Å². The minimum Gasteiger partial charge on any atom is -0.478 e. The first kappa shape index (κ1) is 13.4. The third-order valence-corrected chi connectivity index (χ3v) is 3.32. The highest BCUT2D eigenvalue weighted by Crippen LogP contribution is 2.15. The molecule has 5 heteroatoms. The summed E-state index contributed by atoms with van der Waals surface area (Å²) >= 11 is 0. The molecule has 0 fully saturated rings. The highest BCUT2D eigenvalue weighted by molar-refractivity contribution is 5.46. The first-order valence-corrected chi connectivity index (χ1v) is 7.03. The van der Waals surface area contributed by atoms with Crippen molar-refractivity contribution in [3.05, 3.63) is 54.1 Å². The number of fused-ring (bicyclic) bond motifs is 1. The summed E-state index contributed by atoms with van der Waals surface area (Å²) in [5.41, 5.74) is 4.12. The second kappa shape index (κ2) is 5.83. The van der Waals surface area contributed by atoms with E-state index in [4.69, 9.17) is 4.74 Å². The molecule has 21 heavy (non-hydrogen) atoms. The van der Waals surface area contributed by atoms with Crippen LogP contribution >= 0.6 is 0 Å². The first-order chi connectivity index (χ1) is 10.3. The van der Waals surface area contributed by atoms with Crippen LogP contribution in [0.15, 0.2) is 42.7 Å². The maximum atomic E-state index is 5.33. The molecule has 108 valence electrons. The van der Waals surface area contributed by atoms with Gasteiger partial charge in [-0.1, -0.05) is 6.07 Å². The van der Waals surface area contributed by atoms with E-state index >= 15 is 0 Å². The number of nitrogens with one attached hydrogen (secondary N) is 1. The SMILES string of the molecule is CCOc1ccc(NCc2c(C)nc3ccccn23)cn1. The number of pyridine rings is 2.